The fraction of sp³-hybridized carbons (Fsp3) is 0.385. The van der Waals surface area contributed by atoms with Crippen LogP contribution in [-0.4, -0.2) is 68.3 Å². The van der Waals surface area contributed by atoms with Gasteiger partial charge in [0.05, 0.1) is 24.9 Å². The number of pyridine rings is 1. The molecule has 2 N–H and O–H groups in total. The zero-order valence-corrected chi connectivity index (χ0v) is 21.0. The molecular formula is C26H31N7O4. The second kappa shape index (κ2) is 12.1. The van der Waals surface area contributed by atoms with Crippen molar-refractivity contribution in [2.24, 2.45) is 0 Å². The molecule has 194 valence electrons. The number of amides is 3. The van der Waals surface area contributed by atoms with E-state index >= 15 is 0 Å². The van der Waals surface area contributed by atoms with Gasteiger partial charge < -0.3 is 20.3 Å². The zero-order chi connectivity index (χ0) is 26.2. The fourth-order valence-electron chi connectivity index (χ4n) is 3.94. The van der Waals surface area contributed by atoms with Crippen LogP contribution in [0.3, 0.4) is 0 Å². The Bertz CT molecular complexity index is 1240. The average molecular weight is 506 g/mol. The zero-order valence-electron chi connectivity index (χ0n) is 21.0. The standard InChI is InChI=1S/C26H31N7O4/c1-18-8-9-21-23(15-18)37-14-6-13-33-17-20(30-31-33)16-32(26(36)22-7-3-4-10-27-22)12-5-11-28-24(34)19(2)29-25(21)35/h3-4,7-10,15,17,19H,5-6,11-14,16H2,1-2H3,(H,28,34)(H,29,35)/t19-/m1/s1. The maximum atomic E-state index is 13.1. The molecule has 0 aliphatic carbocycles. The van der Waals surface area contributed by atoms with E-state index in [2.05, 4.69) is 25.9 Å². The second-order valence-electron chi connectivity index (χ2n) is 8.96. The Morgan fingerprint density at radius 2 is 2.00 bits per heavy atom. The highest BCUT2D eigenvalue weighted by molar-refractivity contribution is 5.99. The van der Waals surface area contributed by atoms with Crippen LogP contribution >= 0.6 is 0 Å². The van der Waals surface area contributed by atoms with Crippen molar-refractivity contribution in [3.8, 4) is 5.75 Å². The van der Waals surface area contributed by atoms with Gasteiger partial charge in [-0.2, -0.15) is 0 Å². The van der Waals surface area contributed by atoms with Gasteiger partial charge in [0.2, 0.25) is 5.91 Å². The van der Waals surface area contributed by atoms with Gasteiger partial charge >= 0.3 is 0 Å². The van der Waals surface area contributed by atoms with Crippen molar-refractivity contribution in [1.82, 2.24) is 35.5 Å². The highest BCUT2D eigenvalue weighted by Crippen LogP contribution is 2.21. The molecule has 0 unspecified atom stereocenters. The molecule has 2 aromatic heterocycles. The Morgan fingerprint density at radius 3 is 2.81 bits per heavy atom. The lowest BCUT2D eigenvalue weighted by Crippen LogP contribution is -2.45. The lowest BCUT2D eigenvalue weighted by molar-refractivity contribution is -0.122. The van der Waals surface area contributed by atoms with Crippen LogP contribution in [0.2, 0.25) is 0 Å². The van der Waals surface area contributed by atoms with Crippen LogP contribution in [-0.2, 0) is 17.9 Å². The van der Waals surface area contributed by atoms with Crippen molar-refractivity contribution >= 4 is 17.7 Å². The van der Waals surface area contributed by atoms with Gasteiger partial charge in [0.1, 0.15) is 23.2 Å². The number of carbonyl (C=O) groups excluding carboxylic acids is 3. The van der Waals surface area contributed by atoms with Gasteiger partial charge in [0.15, 0.2) is 0 Å². The van der Waals surface area contributed by atoms with Crippen molar-refractivity contribution in [1.29, 1.82) is 0 Å². The number of hydrogen-bond donors (Lipinski definition) is 2. The first-order valence-corrected chi connectivity index (χ1v) is 12.3. The Labute approximate surface area is 215 Å². The number of ether oxygens (including phenoxy) is 1. The first-order valence-electron chi connectivity index (χ1n) is 12.3. The van der Waals surface area contributed by atoms with E-state index in [9.17, 15) is 14.4 Å². The summed E-state index contributed by atoms with van der Waals surface area (Å²) in [4.78, 5) is 44.5. The number of nitrogens with one attached hydrogen (secondary N) is 2. The van der Waals surface area contributed by atoms with Crippen molar-refractivity contribution in [3.05, 3.63) is 71.3 Å². The molecule has 2 bridgehead atoms. The lowest BCUT2D eigenvalue weighted by Gasteiger charge is -2.22. The maximum Gasteiger partial charge on any atom is 0.272 e. The highest BCUT2D eigenvalue weighted by Gasteiger charge is 2.21. The third kappa shape index (κ3) is 6.90. The molecule has 3 amide bonds. The Kier molecular flexibility index (Phi) is 8.44. The van der Waals surface area contributed by atoms with Crippen molar-refractivity contribution in [2.45, 2.75) is 45.8 Å². The van der Waals surface area contributed by atoms with Gasteiger partial charge in [-0.25, -0.2) is 0 Å². The number of aromatic nitrogens is 4. The van der Waals surface area contributed by atoms with Crippen LogP contribution in [0.5, 0.6) is 5.75 Å². The van der Waals surface area contributed by atoms with Gasteiger partial charge in [0, 0.05) is 32.3 Å². The van der Waals surface area contributed by atoms with Crippen molar-refractivity contribution < 1.29 is 19.1 Å². The number of fused-ring (bicyclic) bond motifs is 3. The molecule has 3 heterocycles. The molecule has 0 radical (unpaired) electrons. The van der Waals surface area contributed by atoms with E-state index in [1.807, 2.05) is 25.3 Å². The summed E-state index contributed by atoms with van der Waals surface area (Å²) in [5.41, 5.74) is 2.31. The molecule has 1 aromatic carbocycles. The molecule has 0 saturated heterocycles. The largest absolute Gasteiger partial charge is 0.493 e. The summed E-state index contributed by atoms with van der Waals surface area (Å²) in [7, 11) is 0. The van der Waals surface area contributed by atoms with E-state index in [1.165, 1.54) is 0 Å². The predicted molar refractivity (Wildman–Crippen MR) is 135 cm³/mol. The van der Waals surface area contributed by atoms with Gasteiger partial charge in [-0.3, -0.25) is 24.0 Å². The molecule has 0 saturated carbocycles. The number of nitrogens with zero attached hydrogens (tertiary/aromatic N) is 5. The maximum absolute atomic E-state index is 13.1. The van der Waals surface area contributed by atoms with Crippen LogP contribution in [0.15, 0.2) is 48.8 Å². The summed E-state index contributed by atoms with van der Waals surface area (Å²) in [6.07, 6.45) is 4.52. The summed E-state index contributed by atoms with van der Waals surface area (Å²) in [6.45, 7) is 5.44. The molecule has 37 heavy (non-hydrogen) atoms. The van der Waals surface area contributed by atoms with E-state index in [1.54, 1.807) is 47.0 Å². The van der Waals surface area contributed by atoms with Gasteiger partial charge in [0.25, 0.3) is 11.8 Å². The van der Waals surface area contributed by atoms with E-state index in [0.29, 0.717) is 61.8 Å². The molecule has 1 aliphatic heterocycles. The molecule has 1 atom stereocenters. The topological polar surface area (TPSA) is 131 Å². The molecule has 0 spiro atoms. The Hall–Kier alpha value is -4.28. The molecule has 1 aliphatic rings. The minimum absolute atomic E-state index is 0.227. The summed E-state index contributed by atoms with van der Waals surface area (Å²) < 4.78 is 7.64. The van der Waals surface area contributed by atoms with Crippen molar-refractivity contribution in [3.63, 3.8) is 0 Å². The Morgan fingerprint density at radius 1 is 1.14 bits per heavy atom. The number of rotatable bonds is 1. The van der Waals surface area contributed by atoms with Gasteiger partial charge in [-0.05, 0) is 50.1 Å². The van der Waals surface area contributed by atoms with E-state index in [0.717, 1.165) is 5.56 Å². The minimum atomic E-state index is -0.746. The fourth-order valence-corrected chi connectivity index (χ4v) is 3.94. The molecule has 3 aromatic rings. The summed E-state index contributed by atoms with van der Waals surface area (Å²) >= 11 is 0. The Balaban J connectivity index is 1.52. The first kappa shape index (κ1) is 25.8. The quantitative estimate of drug-likeness (QED) is 0.515. The summed E-state index contributed by atoms with van der Waals surface area (Å²) in [5.74, 6) is -0.463. The average Bonchev–Trinajstić information content (AvgIpc) is 3.35. The number of aryl methyl sites for hydroxylation is 2. The second-order valence-corrected chi connectivity index (χ2v) is 8.96. The smallest absolute Gasteiger partial charge is 0.272 e. The third-order valence-corrected chi connectivity index (χ3v) is 5.93. The molecule has 11 nitrogen and oxygen atoms in total. The third-order valence-electron chi connectivity index (χ3n) is 5.93. The van der Waals surface area contributed by atoms with Crippen LogP contribution < -0.4 is 15.4 Å². The predicted octanol–water partition coefficient (Wildman–Crippen LogP) is 1.73. The number of benzene rings is 1. The van der Waals surface area contributed by atoms with E-state index in [4.69, 9.17) is 4.74 Å². The molecule has 11 heteroatoms. The minimum Gasteiger partial charge on any atom is -0.493 e. The lowest BCUT2D eigenvalue weighted by atomic mass is 10.1. The van der Waals surface area contributed by atoms with E-state index in [-0.39, 0.29) is 24.3 Å². The van der Waals surface area contributed by atoms with Gasteiger partial charge in [-0.15, -0.1) is 5.10 Å². The monoisotopic (exact) mass is 505 g/mol. The van der Waals surface area contributed by atoms with Crippen LogP contribution in [0.25, 0.3) is 0 Å². The molecule has 4 rings (SSSR count). The SMILES string of the molecule is Cc1ccc2c(c1)OCCCn1cc(nn1)CN(C(=O)c1ccccn1)CCCNC(=O)[C@@H](C)NC2=O. The summed E-state index contributed by atoms with van der Waals surface area (Å²) in [5, 5.41) is 14.0. The van der Waals surface area contributed by atoms with Crippen molar-refractivity contribution in [2.75, 3.05) is 19.7 Å². The number of hydrogen-bond acceptors (Lipinski definition) is 7. The number of carbonyl (C=O) groups is 3. The molecular weight excluding hydrogens is 474 g/mol. The summed E-state index contributed by atoms with van der Waals surface area (Å²) in [6, 6.07) is 9.77. The normalized spacial score (nSPS) is 17.8. The van der Waals surface area contributed by atoms with Crippen LogP contribution in [0, 0.1) is 6.92 Å². The first-order chi connectivity index (χ1) is 17.9. The highest BCUT2D eigenvalue weighted by atomic mass is 16.5. The van der Waals surface area contributed by atoms with Crippen LogP contribution in [0.4, 0.5) is 0 Å². The van der Waals surface area contributed by atoms with E-state index < -0.39 is 6.04 Å². The van der Waals surface area contributed by atoms with Crippen LogP contribution in [0.1, 0.15) is 51.9 Å². The molecule has 0 fully saturated rings. The van der Waals surface area contributed by atoms with Gasteiger partial charge in [-0.1, -0.05) is 17.3 Å².